The topological polar surface area (TPSA) is 60.4 Å². The Kier molecular flexibility index (Phi) is 3.48. The van der Waals surface area contributed by atoms with E-state index in [0.717, 1.165) is 5.56 Å². The summed E-state index contributed by atoms with van der Waals surface area (Å²) < 4.78 is 29.9. The van der Waals surface area contributed by atoms with Crippen molar-refractivity contribution in [2.75, 3.05) is 5.75 Å². The molecule has 1 aromatic rings. The third-order valence-electron chi connectivity index (χ3n) is 3.93. The molecule has 1 heterocycles. The van der Waals surface area contributed by atoms with Crippen molar-refractivity contribution in [3.8, 4) is 0 Å². The van der Waals surface area contributed by atoms with Crippen molar-refractivity contribution >= 4 is 15.6 Å². The van der Waals surface area contributed by atoms with Crippen LogP contribution in [-0.2, 0) is 26.0 Å². The summed E-state index contributed by atoms with van der Waals surface area (Å²) in [5, 5.41) is -0.555. The maximum atomic E-state index is 12.1. The third kappa shape index (κ3) is 2.55. The number of sulfone groups is 1. The van der Waals surface area contributed by atoms with Crippen LogP contribution in [0, 0.1) is 5.92 Å². The first kappa shape index (κ1) is 13.5. The average Bonchev–Trinajstić information content (AvgIpc) is 2.68. The number of rotatable bonds is 3. The zero-order valence-electron chi connectivity index (χ0n) is 10.9. The van der Waals surface area contributed by atoms with Gasteiger partial charge in [-0.1, -0.05) is 36.4 Å². The van der Waals surface area contributed by atoms with E-state index in [1.807, 2.05) is 30.3 Å². The zero-order chi connectivity index (χ0) is 14.2. The monoisotopic (exact) mass is 292 g/mol. The number of ether oxygens (including phenoxy) is 1. The number of ketones is 1. The van der Waals surface area contributed by atoms with E-state index in [1.54, 1.807) is 0 Å². The maximum absolute atomic E-state index is 12.1. The smallest absolute Gasteiger partial charge is 0.159 e. The summed E-state index contributed by atoms with van der Waals surface area (Å²) in [5.74, 6) is -0.245. The van der Waals surface area contributed by atoms with Crippen LogP contribution in [0.2, 0.25) is 0 Å². The Morgan fingerprint density at radius 1 is 1.20 bits per heavy atom. The lowest BCUT2D eigenvalue weighted by molar-refractivity contribution is -0.117. The molecular weight excluding hydrogens is 276 g/mol. The standard InChI is InChI=1S/C15H16O4S/c16-12-6-7-15-13(8-12)14(10-20(15,17)18)19-9-11-4-2-1-3-5-11/h1-7,13-15H,8-10H2/t13-,14-,15-/m0/s1. The molecule has 0 saturated carbocycles. The predicted molar refractivity (Wildman–Crippen MR) is 74.8 cm³/mol. The fourth-order valence-corrected chi connectivity index (χ4v) is 5.05. The average molecular weight is 292 g/mol. The Morgan fingerprint density at radius 3 is 2.70 bits per heavy atom. The highest BCUT2D eigenvalue weighted by Gasteiger charge is 2.48. The Balaban J connectivity index is 1.74. The molecule has 1 aliphatic carbocycles. The molecule has 0 aromatic heterocycles. The number of allylic oxidation sites excluding steroid dienone is 1. The van der Waals surface area contributed by atoms with Gasteiger partial charge < -0.3 is 4.74 Å². The highest BCUT2D eigenvalue weighted by Crippen LogP contribution is 2.36. The van der Waals surface area contributed by atoms with Gasteiger partial charge in [-0.15, -0.1) is 0 Å². The molecule has 3 rings (SSSR count). The van der Waals surface area contributed by atoms with Crippen LogP contribution < -0.4 is 0 Å². The fraction of sp³-hybridized carbons (Fsp3) is 0.400. The van der Waals surface area contributed by atoms with Gasteiger partial charge in [-0.3, -0.25) is 4.79 Å². The summed E-state index contributed by atoms with van der Waals surface area (Å²) >= 11 is 0. The molecule has 0 amide bonds. The van der Waals surface area contributed by atoms with Crippen molar-refractivity contribution in [1.82, 2.24) is 0 Å². The van der Waals surface area contributed by atoms with Gasteiger partial charge in [0.05, 0.1) is 23.7 Å². The number of benzene rings is 1. The van der Waals surface area contributed by atoms with Gasteiger partial charge in [-0.25, -0.2) is 8.42 Å². The van der Waals surface area contributed by atoms with Gasteiger partial charge in [0.2, 0.25) is 0 Å². The highest BCUT2D eigenvalue weighted by atomic mass is 32.2. The molecule has 0 spiro atoms. The normalized spacial score (nSPS) is 31.2. The second-order valence-corrected chi connectivity index (χ2v) is 7.53. The van der Waals surface area contributed by atoms with Crippen LogP contribution in [0.3, 0.4) is 0 Å². The highest BCUT2D eigenvalue weighted by molar-refractivity contribution is 7.92. The van der Waals surface area contributed by atoms with Crippen LogP contribution in [0.5, 0.6) is 0 Å². The van der Waals surface area contributed by atoms with E-state index in [2.05, 4.69) is 0 Å². The van der Waals surface area contributed by atoms with E-state index in [9.17, 15) is 13.2 Å². The summed E-state index contributed by atoms with van der Waals surface area (Å²) in [7, 11) is -3.19. The van der Waals surface area contributed by atoms with Gasteiger partial charge in [-0.05, 0) is 11.6 Å². The van der Waals surface area contributed by atoms with E-state index in [1.165, 1.54) is 12.2 Å². The van der Waals surface area contributed by atoms with Crippen LogP contribution in [0.4, 0.5) is 0 Å². The zero-order valence-corrected chi connectivity index (χ0v) is 11.8. The molecule has 20 heavy (non-hydrogen) atoms. The van der Waals surface area contributed by atoms with E-state index in [4.69, 9.17) is 4.74 Å². The number of carbonyl (C=O) groups is 1. The Morgan fingerprint density at radius 2 is 1.95 bits per heavy atom. The van der Waals surface area contributed by atoms with Crippen LogP contribution in [0.25, 0.3) is 0 Å². The molecule has 2 aliphatic rings. The maximum Gasteiger partial charge on any atom is 0.159 e. The predicted octanol–water partition coefficient (Wildman–Crippen LogP) is 1.51. The minimum atomic E-state index is -3.19. The van der Waals surface area contributed by atoms with E-state index >= 15 is 0 Å². The molecule has 3 atom stereocenters. The van der Waals surface area contributed by atoms with E-state index < -0.39 is 15.1 Å². The van der Waals surface area contributed by atoms with E-state index in [-0.39, 0.29) is 30.0 Å². The van der Waals surface area contributed by atoms with Crippen LogP contribution in [0.15, 0.2) is 42.5 Å². The Bertz CT molecular complexity index is 633. The molecule has 0 radical (unpaired) electrons. The first-order chi connectivity index (χ1) is 9.56. The summed E-state index contributed by atoms with van der Waals surface area (Å²) in [6.45, 7) is 0.377. The molecule has 1 saturated heterocycles. The minimum absolute atomic E-state index is 0.00673. The van der Waals surface area contributed by atoms with Gasteiger partial charge in [0.15, 0.2) is 15.6 Å². The Labute approximate surface area is 118 Å². The van der Waals surface area contributed by atoms with Crippen molar-refractivity contribution in [3.63, 3.8) is 0 Å². The van der Waals surface area contributed by atoms with Crippen molar-refractivity contribution in [1.29, 1.82) is 0 Å². The summed E-state index contributed by atoms with van der Waals surface area (Å²) in [4.78, 5) is 11.5. The quantitative estimate of drug-likeness (QED) is 0.847. The van der Waals surface area contributed by atoms with Crippen molar-refractivity contribution in [2.24, 2.45) is 5.92 Å². The summed E-state index contributed by atoms with van der Waals surface area (Å²) in [5.41, 5.74) is 1.01. The summed E-state index contributed by atoms with van der Waals surface area (Å²) in [6.07, 6.45) is 2.79. The lowest BCUT2D eigenvalue weighted by Crippen LogP contribution is -2.31. The lowest BCUT2D eigenvalue weighted by atomic mass is 9.89. The first-order valence-electron chi connectivity index (χ1n) is 6.64. The molecule has 1 aliphatic heterocycles. The molecule has 1 fully saturated rings. The first-order valence-corrected chi connectivity index (χ1v) is 8.36. The molecule has 5 heteroatoms. The second kappa shape index (κ2) is 5.14. The fourth-order valence-electron chi connectivity index (χ4n) is 2.90. The number of carbonyl (C=O) groups excluding carboxylic acids is 1. The van der Waals surface area contributed by atoms with Crippen molar-refractivity contribution in [3.05, 3.63) is 48.0 Å². The third-order valence-corrected chi connectivity index (χ3v) is 6.06. The largest absolute Gasteiger partial charge is 0.372 e. The van der Waals surface area contributed by atoms with Crippen LogP contribution in [0.1, 0.15) is 12.0 Å². The Hall–Kier alpha value is -1.46. The van der Waals surface area contributed by atoms with Crippen molar-refractivity contribution < 1.29 is 17.9 Å². The second-order valence-electron chi connectivity index (χ2n) is 5.32. The number of fused-ring (bicyclic) bond motifs is 1. The van der Waals surface area contributed by atoms with Crippen molar-refractivity contribution in [2.45, 2.75) is 24.4 Å². The molecule has 106 valence electrons. The molecule has 1 aromatic carbocycles. The lowest BCUT2D eigenvalue weighted by Gasteiger charge is -2.23. The number of hydrogen-bond donors (Lipinski definition) is 0. The molecular formula is C15H16O4S. The number of hydrogen-bond acceptors (Lipinski definition) is 4. The SMILES string of the molecule is O=C1C=C[C@H]2[C@@H](C1)[C@@H](OCc1ccccc1)CS2(=O)=O. The molecule has 0 unspecified atom stereocenters. The minimum Gasteiger partial charge on any atom is -0.372 e. The van der Waals surface area contributed by atoms with E-state index in [0.29, 0.717) is 6.61 Å². The summed E-state index contributed by atoms with van der Waals surface area (Å²) in [6, 6.07) is 9.63. The van der Waals surface area contributed by atoms with Gasteiger partial charge in [0, 0.05) is 12.3 Å². The van der Waals surface area contributed by atoms with Crippen LogP contribution >= 0.6 is 0 Å². The molecule has 0 N–H and O–H groups in total. The molecule has 4 nitrogen and oxygen atoms in total. The van der Waals surface area contributed by atoms with Gasteiger partial charge in [-0.2, -0.15) is 0 Å². The van der Waals surface area contributed by atoms with Gasteiger partial charge in [0.1, 0.15) is 0 Å². The molecule has 0 bridgehead atoms. The van der Waals surface area contributed by atoms with Crippen LogP contribution in [-0.4, -0.2) is 31.3 Å². The van der Waals surface area contributed by atoms with Gasteiger partial charge in [0.25, 0.3) is 0 Å². The van der Waals surface area contributed by atoms with Gasteiger partial charge >= 0.3 is 0 Å².